The van der Waals surface area contributed by atoms with E-state index in [2.05, 4.69) is 0 Å². The van der Waals surface area contributed by atoms with E-state index in [4.69, 9.17) is 5.73 Å². The molecule has 0 aliphatic heterocycles. The molecule has 6 heteroatoms. The van der Waals surface area contributed by atoms with E-state index in [0.717, 1.165) is 0 Å². The molecule has 0 aromatic heterocycles. The van der Waals surface area contributed by atoms with Gasteiger partial charge in [0.2, 0.25) is 6.43 Å². The molecule has 1 aromatic carbocycles. The Bertz CT molecular complexity index is 446. The number of benzene rings is 1. The second-order valence-electron chi connectivity index (χ2n) is 3.35. The minimum absolute atomic E-state index is 0.0519. The van der Waals surface area contributed by atoms with Crippen LogP contribution in [0.5, 0.6) is 0 Å². The van der Waals surface area contributed by atoms with Crippen molar-refractivity contribution in [3.8, 4) is 0 Å². The first kappa shape index (κ1) is 13.1. The van der Waals surface area contributed by atoms with Gasteiger partial charge in [-0.2, -0.15) is 0 Å². The lowest BCUT2D eigenvalue weighted by atomic mass is 10.2. The molecule has 0 saturated heterocycles. The highest BCUT2D eigenvalue weighted by molar-refractivity contribution is 7.91. The largest absolute Gasteiger partial charge is 0.326 e. The normalized spacial score (nSPS) is 12.0. The van der Waals surface area contributed by atoms with Crippen LogP contribution in [0, 0.1) is 0 Å². The second-order valence-corrected chi connectivity index (χ2v) is 5.46. The fraction of sp³-hybridized carbons (Fsp3) is 0.400. The number of halogens is 2. The molecule has 0 fully saturated rings. The zero-order valence-electron chi connectivity index (χ0n) is 8.57. The van der Waals surface area contributed by atoms with Crippen molar-refractivity contribution in [3.63, 3.8) is 0 Å². The Hall–Kier alpha value is -1.01. The highest BCUT2D eigenvalue weighted by Gasteiger charge is 2.17. The summed E-state index contributed by atoms with van der Waals surface area (Å²) in [5.74, 6) is -0.543. The second kappa shape index (κ2) is 5.36. The standard InChI is InChI=1S/C10H13F2NO2S/c11-10(12)4-5-16(14,15)9-3-1-2-8(6-9)7-13/h1-3,6,10H,4-5,7,13H2. The third-order valence-electron chi connectivity index (χ3n) is 2.10. The lowest BCUT2D eigenvalue weighted by Gasteiger charge is -2.05. The monoisotopic (exact) mass is 249 g/mol. The number of rotatable bonds is 5. The van der Waals surface area contributed by atoms with E-state index in [1.807, 2.05) is 0 Å². The van der Waals surface area contributed by atoms with Gasteiger partial charge in [0.05, 0.1) is 10.6 Å². The van der Waals surface area contributed by atoms with Crippen molar-refractivity contribution in [2.45, 2.75) is 24.3 Å². The first-order valence-corrected chi connectivity index (χ1v) is 6.41. The zero-order valence-corrected chi connectivity index (χ0v) is 9.38. The molecule has 16 heavy (non-hydrogen) atoms. The Morgan fingerprint density at radius 3 is 2.56 bits per heavy atom. The summed E-state index contributed by atoms with van der Waals surface area (Å²) in [4.78, 5) is 0.0519. The first-order valence-electron chi connectivity index (χ1n) is 4.75. The van der Waals surface area contributed by atoms with Crippen LogP contribution in [0.1, 0.15) is 12.0 Å². The number of hydrogen-bond donors (Lipinski definition) is 1. The molecular weight excluding hydrogens is 236 g/mol. The molecule has 0 radical (unpaired) electrons. The van der Waals surface area contributed by atoms with Crippen molar-refractivity contribution in [1.29, 1.82) is 0 Å². The topological polar surface area (TPSA) is 60.2 Å². The average molecular weight is 249 g/mol. The van der Waals surface area contributed by atoms with Gasteiger partial charge < -0.3 is 5.73 Å². The molecule has 0 spiro atoms. The molecule has 2 N–H and O–H groups in total. The molecule has 3 nitrogen and oxygen atoms in total. The fourth-order valence-corrected chi connectivity index (χ4v) is 2.57. The number of alkyl halides is 2. The van der Waals surface area contributed by atoms with Crippen LogP contribution in [0.15, 0.2) is 29.2 Å². The summed E-state index contributed by atoms with van der Waals surface area (Å²) >= 11 is 0. The minimum Gasteiger partial charge on any atom is -0.326 e. The quantitative estimate of drug-likeness (QED) is 0.861. The van der Waals surface area contributed by atoms with E-state index < -0.39 is 28.4 Å². The number of nitrogens with two attached hydrogens (primary N) is 1. The van der Waals surface area contributed by atoms with Crippen molar-refractivity contribution < 1.29 is 17.2 Å². The molecule has 0 bridgehead atoms. The van der Waals surface area contributed by atoms with E-state index in [1.165, 1.54) is 12.1 Å². The van der Waals surface area contributed by atoms with Crippen LogP contribution in [-0.4, -0.2) is 20.6 Å². The van der Waals surface area contributed by atoms with Gasteiger partial charge in [-0.1, -0.05) is 12.1 Å². The summed E-state index contributed by atoms with van der Waals surface area (Å²) < 4.78 is 47.1. The summed E-state index contributed by atoms with van der Waals surface area (Å²) in [7, 11) is -3.62. The Kier molecular flexibility index (Phi) is 4.37. The van der Waals surface area contributed by atoms with Crippen LogP contribution < -0.4 is 5.73 Å². The van der Waals surface area contributed by atoms with Gasteiger partial charge >= 0.3 is 0 Å². The van der Waals surface area contributed by atoms with E-state index in [-0.39, 0.29) is 11.4 Å². The van der Waals surface area contributed by atoms with Gasteiger partial charge in [-0.15, -0.1) is 0 Å². The summed E-state index contributed by atoms with van der Waals surface area (Å²) in [5.41, 5.74) is 6.03. The molecule has 0 atom stereocenters. The third kappa shape index (κ3) is 3.53. The van der Waals surface area contributed by atoms with Gasteiger partial charge in [0.15, 0.2) is 9.84 Å². The highest BCUT2D eigenvalue weighted by Crippen LogP contribution is 2.15. The molecule has 90 valence electrons. The maximum Gasteiger partial charge on any atom is 0.239 e. The Labute approximate surface area is 93.2 Å². The Morgan fingerprint density at radius 1 is 1.31 bits per heavy atom. The first-order chi connectivity index (χ1) is 7.45. The molecular formula is C10H13F2NO2S. The Balaban J connectivity index is 2.89. The predicted molar refractivity (Wildman–Crippen MR) is 57.0 cm³/mol. The summed E-state index contributed by atoms with van der Waals surface area (Å²) in [5, 5.41) is 0. The van der Waals surface area contributed by atoms with Crippen molar-refractivity contribution in [1.82, 2.24) is 0 Å². The van der Waals surface area contributed by atoms with Crippen molar-refractivity contribution >= 4 is 9.84 Å². The smallest absolute Gasteiger partial charge is 0.239 e. The minimum atomic E-state index is -3.62. The molecule has 0 aliphatic rings. The molecule has 0 amide bonds. The highest BCUT2D eigenvalue weighted by atomic mass is 32.2. The van der Waals surface area contributed by atoms with Gasteiger partial charge in [-0.05, 0) is 17.7 Å². The predicted octanol–water partition coefficient (Wildman–Crippen LogP) is 1.57. The van der Waals surface area contributed by atoms with Gasteiger partial charge in [-0.3, -0.25) is 0 Å². The third-order valence-corrected chi connectivity index (χ3v) is 3.84. The van der Waals surface area contributed by atoms with Crippen LogP contribution >= 0.6 is 0 Å². The zero-order chi connectivity index (χ0) is 12.2. The van der Waals surface area contributed by atoms with Crippen LogP contribution in [-0.2, 0) is 16.4 Å². The van der Waals surface area contributed by atoms with Crippen LogP contribution in [0.4, 0.5) is 8.78 Å². The summed E-state index contributed by atoms with van der Waals surface area (Å²) in [6.07, 6.45) is -3.25. The van der Waals surface area contributed by atoms with Crippen LogP contribution in [0.2, 0.25) is 0 Å². The maximum absolute atomic E-state index is 11.9. The van der Waals surface area contributed by atoms with Crippen LogP contribution in [0.25, 0.3) is 0 Å². The van der Waals surface area contributed by atoms with Gasteiger partial charge in [0.1, 0.15) is 0 Å². The van der Waals surface area contributed by atoms with Gasteiger partial charge in [0, 0.05) is 13.0 Å². The van der Waals surface area contributed by atoms with Crippen molar-refractivity contribution in [3.05, 3.63) is 29.8 Å². The summed E-state index contributed by atoms with van der Waals surface area (Å²) in [6.45, 7) is 0.220. The van der Waals surface area contributed by atoms with Crippen molar-refractivity contribution in [2.24, 2.45) is 5.73 Å². The lowest BCUT2D eigenvalue weighted by molar-refractivity contribution is 0.145. The maximum atomic E-state index is 11.9. The van der Waals surface area contributed by atoms with Gasteiger partial charge in [0.25, 0.3) is 0 Å². The van der Waals surface area contributed by atoms with E-state index >= 15 is 0 Å². The molecule has 0 aliphatic carbocycles. The lowest BCUT2D eigenvalue weighted by Crippen LogP contribution is -2.10. The van der Waals surface area contributed by atoms with E-state index in [0.29, 0.717) is 5.56 Å². The average Bonchev–Trinajstić information content (AvgIpc) is 2.27. The summed E-state index contributed by atoms with van der Waals surface area (Å²) in [6, 6.07) is 6.05. The molecule has 0 saturated carbocycles. The SMILES string of the molecule is NCc1cccc(S(=O)(=O)CCC(F)F)c1. The molecule has 0 unspecified atom stereocenters. The fourth-order valence-electron chi connectivity index (χ4n) is 1.23. The van der Waals surface area contributed by atoms with Crippen LogP contribution in [0.3, 0.4) is 0 Å². The van der Waals surface area contributed by atoms with E-state index in [1.54, 1.807) is 12.1 Å². The van der Waals surface area contributed by atoms with Gasteiger partial charge in [-0.25, -0.2) is 17.2 Å². The number of sulfone groups is 1. The van der Waals surface area contributed by atoms with E-state index in [9.17, 15) is 17.2 Å². The van der Waals surface area contributed by atoms with Crippen molar-refractivity contribution in [2.75, 3.05) is 5.75 Å². The number of hydrogen-bond acceptors (Lipinski definition) is 3. The molecule has 1 aromatic rings. The Morgan fingerprint density at radius 2 is 2.00 bits per heavy atom. The molecule has 0 heterocycles. The molecule has 1 rings (SSSR count).